The molecule has 90 valence electrons. The fourth-order valence-electron chi connectivity index (χ4n) is 1.54. The highest BCUT2D eigenvalue weighted by Gasteiger charge is 2.14. The standard InChI is InChI=1S/C13H16N2O2/c1-9(2)13-14-12(17-15-13)8-11(16)10-6-4-3-5-7-10/h3-7,9,11,16H,8H2,1-2H3. The van der Waals surface area contributed by atoms with Crippen LogP contribution in [0, 0.1) is 0 Å². The number of hydrogen-bond donors (Lipinski definition) is 1. The Bertz CT molecular complexity index is 465. The third-order valence-electron chi connectivity index (χ3n) is 2.55. The van der Waals surface area contributed by atoms with Gasteiger partial charge in [0.05, 0.1) is 12.5 Å². The van der Waals surface area contributed by atoms with Gasteiger partial charge >= 0.3 is 0 Å². The zero-order chi connectivity index (χ0) is 12.3. The highest BCUT2D eigenvalue weighted by molar-refractivity contribution is 5.18. The Kier molecular flexibility index (Phi) is 3.54. The second-order valence-electron chi connectivity index (χ2n) is 4.33. The maximum absolute atomic E-state index is 9.99. The maximum atomic E-state index is 9.99. The highest BCUT2D eigenvalue weighted by Crippen LogP contribution is 2.18. The van der Waals surface area contributed by atoms with Gasteiger partial charge in [-0.1, -0.05) is 49.3 Å². The van der Waals surface area contributed by atoms with Crippen LogP contribution in [0.2, 0.25) is 0 Å². The maximum Gasteiger partial charge on any atom is 0.229 e. The van der Waals surface area contributed by atoms with Crippen molar-refractivity contribution in [2.75, 3.05) is 0 Å². The smallest absolute Gasteiger partial charge is 0.229 e. The van der Waals surface area contributed by atoms with Gasteiger partial charge in [0.1, 0.15) is 0 Å². The van der Waals surface area contributed by atoms with Crippen LogP contribution in [0.5, 0.6) is 0 Å². The van der Waals surface area contributed by atoms with Crippen LogP contribution in [0.4, 0.5) is 0 Å². The van der Waals surface area contributed by atoms with Gasteiger partial charge in [-0.15, -0.1) is 0 Å². The van der Waals surface area contributed by atoms with Gasteiger partial charge in [0.2, 0.25) is 5.89 Å². The van der Waals surface area contributed by atoms with Crippen molar-refractivity contribution in [2.24, 2.45) is 0 Å². The van der Waals surface area contributed by atoms with Gasteiger partial charge in [0, 0.05) is 5.92 Å². The lowest BCUT2D eigenvalue weighted by Gasteiger charge is -2.07. The molecule has 4 nitrogen and oxygen atoms in total. The predicted octanol–water partition coefficient (Wildman–Crippen LogP) is 2.47. The van der Waals surface area contributed by atoms with Crippen molar-refractivity contribution in [1.29, 1.82) is 0 Å². The fourth-order valence-corrected chi connectivity index (χ4v) is 1.54. The Balaban J connectivity index is 2.05. The van der Waals surface area contributed by atoms with E-state index < -0.39 is 6.10 Å². The monoisotopic (exact) mass is 232 g/mol. The molecule has 1 unspecified atom stereocenters. The number of rotatable bonds is 4. The molecule has 1 aromatic carbocycles. The average molecular weight is 232 g/mol. The molecule has 0 spiro atoms. The van der Waals surface area contributed by atoms with E-state index in [1.54, 1.807) is 0 Å². The van der Waals surface area contributed by atoms with Crippen LogP contribution in [-0.2, 0) is 6.42 Å². The minimum Gasteiger partial charge on any atom is -0.388 e. The molecule has 0 aliphatic rings. The molecule has 0 bridgehead atoms. The molecule has 1 heterocycles. The summed E-state index contributed by atoms with van der Waals surface area (Å²) in [4.78, 5) is 4.24. The summed E-state index contributed by atoms with van der Waals surface area (Å²) in [5, 5.41) is 13.9. The molecular formula is C13H16N2O2. The van der Waals surface area contributed by atoms with E-state index >= 15 is 0 Å². The first kappa shape index (κ1) is 11.8. The van der Waals surface area contributed by atoms with E-state index in [1.165, 1.54) is 0 Å². The van der Waals surface area contributed by atoms with E-state index in [-0.39, 0.29) is 5.92 Å². The third-order valence-corrected chi connectivity index (χ3v) is 2.55. The molecule has 17 heavy (non-hydrogen) atoms. The molecule has 4 heteroatoms. The minimum absolute atomic E-state index is 0.237. The lowest BCUT2D eigenvalue weighted by Crippen LogP contribution is -2.02. The highest BCUT2D eigenvalue weighted by atomic mass is 16.5. The van der Waals surface area contributed by atoms with Crippen LogP contribution in [0.1, 0.15) is 43.1 Å². The number of aliphatic hydroxyl groups is 1. The molecule has 1 atom stereocenters. The number of hydrogen-bond acceptors (Lipinski definition) is 4. The van der Waals surface area contributed by atoms with Crippen molar-refractivity contribution in [3.63, 3.8) is 0 Å². The summed E-state index contributed by atoms with van der Waals surface area (Å²) in [6, 6.07) is 9.46. The van der Waals surface area contributed by atoms with Crippen molar-refractivity contribution in [3.05, 3.63) is 47.6 Å². The minimum atomic E-state index is -0.600. The molecule has 0 aliphatic carbocycles. The number of aliphatic hydroxyl groups excluding tert-OH is 1. The van der Waals surface area contributed by atoms with E-state index in [9.17, 15) is 5.11 Å². The Morgan fingerprint density at radius 1 is 1.24 bits per heavy atom. The van der Waals surface area contributed by atoms with Crippen LogP contribution in [0.25, 0.3) is 0 Å². The van der Waals surface area contributed by atoms with Crippen LogP contribution < -0.4 is 0 Å². The molecule has 0 amide bonds. The summed E-state index contributed by atoms with van der Waals surface area (Å²) in [6.45, 7) is 4.00. The summed E-state index contributed by atoms with van der Waals surface area (Å²) in [7, 11) is 0. The van der Waals surface area contributed by atoms with E-state index in [4.69, 9.17) is 4.52 Å². The van der Waals surface area contributed by atoms with Crippen LogP contribution in [0.15, 0.2) is 34.9 Å². The number of benzene rings is 1. The quantitative estimate of drug-likeness (QED) is 0.879. The van der Waals surface area contributed by atoms with Crippen molar-refractivity contribution in [1.82, 2.24) is 10.1 Å². The zero-order valence-corrected chi connectivity index (χ0v) is 10.00. The lowest BCUT2D eigenvalue weighted by atomic mass is 10.1. The van der Waals surface area contributed by atoms with Gasteiger partial charge in [-0.2, -0.15) is 4.98 Å². The second-order valence-corrected chi connectivity index (χ2v) is 4.33. The van der Waals surface area contributed by atoms with Gasteiger partial charge in [-0.25, -0.2) is 0 Å². The molecule has 0 saturated heterocycles. The first-order valence-corrected chi connectivity index (χ1v) is 5.72. The van der Waals surface area contributed by atoms with E-state index in [0.717, 1.165) is 5.56 Å². The van der Waals surface area contributed by atoms with E-state index in [0.29, 0.717) is 18.1 Å². The number of nitrogens with zero attached hydrogens (tertiary/aromatic N) is 2. The molecular weight excluding hydrogens is 216 g/mol. The summed E-state index contributed by atoms with van der Waals surface area (Å²) >= 11 is 0. The molecule has 1 N–H and O–H groups in total. The van der Waals surface area contributed by atoms with Crippen LogP contribution in [-0.4, -0.2) is 15.2 Å². The molecule has 0 radical (unpaired) electrons. The number of aromatic nitrogens is 2. The molecule has 2 rings (SSSR count). The van der Waals surface area contributed by atoms with Gasteiger partial charge in [0.25, 0.3) is 0 Å². The normalized spacial score (nSPS) is 12.9. The second kappa shape index (κ2) is 5.10. The summed E-state index contributed by atoms with van der Waals surface area (Å²) in [5.74, 6) is 1.40. The average Bonchev–Trinajstić information content (AvgIpc) is 2.79. The largest absolute Gasteiger partial charge is 0.388 e. The Morgan fingerprint density at radius 3 is 2.53 bits per heavy atom. The summed E-state index contributed by atoms with van der Waals surface area (Å²) < 4.78 is 5.10. The zero-order valence-electron chi connectivity index (χ0n) is 10.00. The van der Waals surface area contributed by atoms with Gasteiger partial charge in [-0.3, -0.25) is 0 Å². The van der Waals surface area contributed by atoms with Crippen molar-refractivity contribution in [2.45, 2.75) is 32.3 Å². The Labute approximate surface area is 100 Å². The van der Waals surface area contributed by atoms with Crippen LogP contribution in [0.3, 0.4) is 0 Å². The first-order chi connectivity index (χ1) is 8.16. The van der Waals surface area contributed by atoms with Crippen LogP contribution >= 0.6 is 0 Å². The van der Waals surface area contributed by atoms with Crippen molar-refractivity contribution >= 4 is 0 Å². The molecule has 2 aromatic rings. The molecule has 1 aromatic heterocycles. The predicted molar refractivity (Wildman–Crippen MR) is 63.5 cm³/mol. The first-order valence-electron chi connectivity index (χ1n) is 5.72. The van der Waals surface area contributed by atoms with E-state index in [2.05, 4.69) is 10.1 Å². The SMILES string of the molecule is CC(C)c1noc(CC(O)c2ccccc2)n1. The third kappa shape index (κ3) is 2.91. The fraction of sp³-hybridized carbons (Fsp3) is 0.385. The molecule has 0 fully saturated rings. The Morgan fingerprint density at radius 2 is 1.94 bits per heavy atom. The van der Waals surface area contributed by atoms with Crippen molar-refractivity contribution < 1.29 is 9.63 Å². The summed E-state index contributed by atoms with van der Waals surface area (Å²) in [5.41, 5.74) is 0.858. The molecule has 0 saturated carbocycles. The summed E-state index contributed by atoms with van der Waals surface area (Å²) in [6.07, 6.45) is -0.249. The lowest BCUT2D eigenvalue weighted by molar-refractivity contribution is 0.164. The van der Waals surface area contributed by atoms with Gasteiger partial charge in [0.15, 0.2) is 5.82 Å². The topological polar surface area (TPSA) is 59.2 Å². The van der Waals surface area contributed by atoms with Gasteiger partial charge in [-0.05, 0) is 5.56 Å². The van der Waals surface area contributed by atoms with Crippen molar-refractivity contribution in [3.8, 4) is 0 Å². The van der Waals surface area contributed by atoms with Gasteiger partial charge < -0.3 is 9.63 Å². The Hall–Kier alpha value is -1.68. The molecule has 0 aliphatic heterocycles. The van der Waals surface area contributed by atoms with E-state index in [1.807, 2.05) is 44.2 Å².